The highest BCUT2D eigenvalue weighted by Gasteiger charge is 2.23. The van der Waals surface area contributed by atoms with Crippen molar-refractivity contribution in [1.29, 1.82) is 0 Å². The molecule has 2 aromatic rings. The van der Waals surface area contributed by atoms with Crippen molar-refractivity contribution in [2.45, 2.75) is 51.9 Å². The van der Waals surface area contributed by atoms with Gasteiger partial charge in [0.25, 0.3) is 0 Å². The lowest BCUT2D eigenvalue weighted by Gasteiger charge is -2.24. The van der Waals surface area contributed by atoms with E-state index in [4.69, 9.17) is 9.47 Å². The number of hydrogen-bond donors (Lipinski definition) is 3. The molecule has 6 heteroatoms. The van der Waals surface area contributed by atoms with Crippen molar-refractivity contribution < 1.29 is 19.4 Å². The second-order valence-electron chi connectivity index (χ2n) is 7.42. The number of benzene rings is 2. The van der Waals surface area contributed by atoms with E-state index in [0.717, 1.165) is 17.5 Å². The summed E-state index contributed by atoms with van der Waals surface area (Å²) in [7, 11) is 0. The molecule has 3 N–H and O–H groups in total. The van der Waals surface area contributed by atoms with Gasteiger partial charge in [-0.15, -0.1) is 0 Å². The molecule has 3 rings (SSSR count). The molecule has 1 amide bonds. The Morgan fingerprint density at radius 3 is 2.62 bits per heavy atom. The number of rotatable bonds is 10. The van der Waals surface area contributed by atoms with Crippen LogP contribution in [0.1, 0.15) is 37.8 Å². The molecular formula is C23H30N2O4. The molecule has 29 heavy (non-hydrogen) atoms. The van der Waals surface area contributed by atoms with Crippen LogP contribution in [-0.4, -0.2) is 36.3 Å². The Hall–Kier alpha value is -2.57. The number of nitrogens with one attached hydrogen (secondary N) is 2. The maximum atomic E-state index is 12.0. The van der Waals surface area contributed by atoms with Crippen LogP contribution < -0.4 is 20.1 Å². The van der Waals surface area contributed by atoms with Gasteiger partial charge in [-0.05, 0) is 37.5 Å². The van der Waals surface area contributed by atoms with E-state index in [0.29, 0.717) is 49.2 Å². The predicted octanol–water partition coefficient (Wildman–Crippen LogP) is 3.28. The second kappa shape index (κ2) is 10.3. The number of carbonyl (C=O) groups is 1. The van der Waals surface area contributed by atoms with Gasteiger partial charge in [0.15, 0.2) is 0 Å². The summed E-state index contributed by atoms with van der Waals surface area (Å²) in [4.78, 5) is 12.0. The highest BCUT2D eigenvalue weighted by molar-refractivity contribution is 5.96. The molecule has 0 aromatic heterocycles. The van der Waals surface area contributed by atoms with E-state index in [-0.39, 0.29) is 12.5 Å². The zero-order valence-corrected chi connectivity index (χ0v) is 17.1. The van der Waals surface area contributed by atoms with E-state index >= 15 is 0 Å². The maximum Gasteiger partial charge on any atom is 0.224 e. The van der Waals surface area contributed by atoms with Crippen LogP contribution in [0.4, 0.5) is 5.69 Å². The number of carbonyl (C=O) groups excluding carboxylic acids is 1. The average Bonchev–Trinajstić information content (AvgIpc) is 2.75. The number of amides is 1. The Morgan fingerprint density at radius 1 is 1.10 bits per heavy atom. The Kier molecular flexibility index (Phi) is 7.49. The van der Waals surface area contributed by atoms with Gasteiger partial charge in [0, 0.05) is 24.6 Å². The van der Waals surface area contributed by atoms with Crippen LogP contribution in [0.2, 0.25) is 0 Å². The molecule has 6 nitrogen and oxygen atoms in total. The molecule has 1 aliphatic rings. The quantitative estimate of drug-likeness (QED) is 0.572. The summed E-state index contributed by atoms with van der Waals surface area (Å²) in [6, 6.07) is 13.9. The van der Waals surface area contributed by atoms with Crippen LogP contribution in [0.3, 0.4) is 0 Å². The van der Waals surface area contributed by atoms with Crippen LogP contribution in [0.5, 0.6) is 11.5 Å². The standard InChI is InChI=1S/C23H30N2O4/c1-3-16(2)24-13-18(26)15-29-20-10-11-21(23-19(20)9-12-22(27)25-23)28-14-17-7-5-4-6-8-17/h4-8,10-11,16,18,24,26H,3,9,12-15H2,1-2H3,(H,25,27). The molecule has 0 radical (unpaired) electrons. The van der Waals surface area contributed by atoms with E-state index in [9.17, 15) is 9.90 Å². The number of hydrogen-bond acceptors (Lipinski definition) is 5. The molecule has 0 bridgehead atoms. The molecule has 0 fully saturated rings. The highest BCUT2D eigenvalue weighted by atomic mass is 16.5. The van der Waals surface area contributed by atoms with E-state index < -0.39 is 6.10 Å². The minimum Gasteiger partial charge on any atom is -0.490 e. The summed E-state index contributed by atoms with van der Waals surface area (Å²) in [5, 5.41) is 16.4. The van der Waals surface area contributed by atoms with Crippen molar-refractivity contribution in [3.63, 3.8) is 0 Å². The molecular weight excluding hydrogens is 368 g/mol. The number of ether oxygens (including phenoxy) is 2. The van der Waals surface area contributed by atoms with Crippen LogP contribution >= 0.6 is 0 Å². The summed E-state index contributed by atoms with van der Waals surface area (Å²) in [6.07, 6.45) is 1.39. The van der Waals surface area contributed by atoms with Crippen molar-refractivity contribution in [2.75, 3.05) is 18.5 Å². The van der Waals surface area contributed by atoms with E-state index in [1.807, 2.05) is 42.5 Å². The smallest absolute Gasteiger partial charge is 0.224 e. The van der Waals surface area contributed by atoms with Crippen molar-refractivity contribution in [3.8, 4) is 11.5 Å². The summed E-state index contributed by atoms with van der Waals surface area (Å²) < 4.78 is 11.9. The van der Waals surface area contributed by atoms with Crippen LogP contribution in [0.25, 0.3) is 0 Å². The van der Waals surface area contributed by atoms with Gasteiger partial charge in [0.05, 0.1) is 5.69 Å². The highest BCUT2D eigenvalue weighted by Crippen LogP contribution is 2.39. The third kappa shape index (κ3) is 5.95. The molecule has 0 saturated heterocycles. The van der Waals surface area contributed by atoms with Crippen molar-refractivity contribution in [2.24, 2.45) is 0 Å². The Bertz CT molecular complexity index is 810. The summed E-state index contributed by atoms with van der Waals surface area (Å²) >= 11 is 0. The van der Waals surface area contributed by atoms with Crippen molar-refractivity contribution in [3.05, 3.63) is 53.6 Å². The maximum absolute atomic E-state index is 12.0. The van der Waals surface area contributed by atoms with E-state index in [1.165, 1.54) is 0 Å². The SMILES string of the molecule is CCC(C)NCC(O)COc1ccc(OCc2ccccc2)c2c1CCC(=O)N2. The van der Waals surface area contributed by atoms with Gasteiger partial charge in [-0.2, -0.15) is 0 Å². The molecule has 2 unspecified atom stereocenters. The Balaban J connectivity index is 1.67. The zero-order chi connectivity index (χ0) is 20.6. The van der Waals surface area contributed by atoms with Gasteiger partial charge in [0.2, 0.25) is 5.91 Å². The monoisotopic (exact) mass is 398 g/mol. The molecule has 2 aromatic carbocycles. The topological polar surface area (TPSA) is 79.8 Å². The minimum atomic E-state index is -0.605. The summed E-state index contributed by atoms with van der Waals surface area (Å²) in [5.74, 6) is 1.27. The second-order valence-corrected chi connectivity index (χ2v) is 7.42. The fraction of sp³-hybridized carbons (Fsp3) is 0.435. The molecule has 2 atom stereocenters. The van der Waals surface area contributed by atoms with E-state index in [2.05, 4.69) is 24.5 Å². The van der Waals surface area contributed by atoms with Gasteiger partial charge in [-0.3, -0.25) is 4.79 Å². The van der Waals surface area contributed by atoms with Crippen LogP contribution in [0, 0.1) is 0 Å². The zero-order valence-electron chi connectivity index (χ0n) is 17.1. The summed E-state index contributed by atoms with van der Waals surface area (Å²) in [6.45, 7) is 5.27. The number of aliphatic hydroxyl groups excluding tert-OH is 1. The average molecular weight is 399 g/mol. The third-order valence-electron chi connectivity index (χ3n) is 5.08. The molecule has 156 valence electrons. The van der Waals surface area contributed by atoms with Crippen molar-refractivity contribution in [1.82, 2.24) is 5.32 Å². The first-order valence-electron chi connectivity index (χ1n) is 10.2. The first kappa shape index (κ1) is 21.1. The first-order valence-corrected chi connectivity index (χ1v) is 10.2. The number of aliphatic hydroxyl groups is 1. The van der Waals surface area contributed by atoms with Gasteiger partial charge in [-0.1, -0.05) is 37.3 Å². The van der Waals surface area contributed by atoms with Crippen LogP contribution in [-0.2, 0) is 17.8 Å². The molecule has 1 aliphatic heterocycles. The number of anilines is 1. The van der Waals surface area contributed by atoms with Crippen LogP contribution in [0.15, 0.2) is 42.5 Å². The predicted molar refractivity (Wildman–Crippen MR) is 113 cm³/mol. The fourth-order valence-corrected chi connectivity index (χ4v) is 3.15. The van der Waals surface area contributed by atoms with Gasteiger partial charge >= 0.3 is 0 Å². The normalized spacial score (nSPS) is 15.2. The van der Waals surface area contributed by atoms with Crippen molar-refractivity contribution >= 4 is 11.6 Å². The third-order valence-corrected chi connectivity index (χ3v) is 5.08. The lowest BCUT2D eigenvalue weighted by molar-refractivity contribution is -0.116. The fourth-order valence-electron chi connectivity index (χ4n) is 3.15. The molecule has 1 heterocycles. The van der Waals surface area contributed by atoms with Gasteiger partial charge in [0.1, 0.15) is 30.8 Å². The first-order chi connectivity index (χ1) is 14.1. The molecule has 0 aliphatic carbocycles. The molecule has 0 saturated carbocycles. The Morgan fingerprint density at radius 2 is 1.86 bits per heavy atom. The lowest BCUT2D eigenvalue weighted by Crippen LogP contribution is -2.36. The van der Waals surface area contributed by atoms with Gasteiger partial charge < -0.3 is 25.2 Å². The van der Waals surface area contributed by atoms with E-state index in [1.54, 1.807) is 0 Å². The lowest BCUT2D eigenvalue weighted by atomic mass is 10.0. The summed E-state index contributed by atoms with van der Waals surface area (Å²) in [5.41, 5.74) is 2.64. The van der Waals surface area contributed by atoms with Gasteiger partial charge in [-0.25, -0.2) is 0 Å². The minimum absolute atomic E-state index is 0.0306. The molecule has 0 spiro atoms. The largest absolute Gasteiger partial charge is 0.490 e. The Labute approximate surface area is 172 Å². The number of fused-ring (bicyclic) bond motifs is 1.